The second-order valence-corrected chi connectivity index (χ2v) is 23.4. The number of unbranched alkanes of at least 4 members (excludes halogenated alkanes) is 35. The molecule has 0 saturated carbocycles. The van der Waals surface area contributed by atoms with Gasteiger partial charge in [0.15, 0.2) is 6.10 Å². The van der Waals surface area contributed by atoms with Crippen LogP contribution in [0.2, 0.25) is 0 Å². The van der Waals surface area contributed by atoms with E-state index in [0.717, 1.165) is 122 Å². The number of carbonyl (C=O) groups excluding carboxylic acids is 3. The predicted molar refractivity (Wildman–Crippen MR) is 362 cm³/mol. The van der Waals surface area contributed by atoms with Gasteiger partial charge in [0.1, 0.15) is 13.2 Å². The summed E-state index contributed by atoms with van der Waals surface area (Å²) in [5.74, 6) is -0.890. The lowest BCUT2D eigenvalue weighted by molar-refractivity contribution is -0.167. The van der Waals surface area contributed by atoms with Crippen molar-refractivity contribution in [2.45, 2.75) is 348 Å². The van der Waals surface area contributed by atoms with E-state index in [1.807, 2.05) is 0 Å². The van der Waals surface area contributed by atoms with E-state index in [1.54, 1.807) is 0 Å². The quantitative estimate of drug-likeness (QED) is 0.0261. The van der Waals surface area contributed by atoms with Gasteiger partial charge in [0.25, 0.3) is 0 Å². The average molecular weight is 1150 g/mol. The number of ether oxygens (including phenoxy) is 3. The van der Waals surface area contributed by atoms with Gasteiger partial charge in [-0.15, -0.1) is 0 Å². The fraction of sp³-hybridized carbons (Fsp3) is 0.727. The highest BCUT2D eigenvalue weighted by molar-refractivity contribution is 5.71. The van der Waals surface area contributed by atoms with Crippen LogP contribution >= 0.6 is 0 Å². The van der Waals surface area contributed by atoms with Gasteiger partial charge in [-0.05, 0) is 128 Å². The monoisotopic (exact) mass is 1150 g/mol. The SMILES string of the molecule is CC/C=C\C/C=C\C/C=C\C/C=C\C/C=C\C/C=C\C/C=C\CCCCCCCCCCCCCC(=O)OCC(COC(=O)CCCCCCC/C=C\CCCCCCCCC)OC(=O)CCCCCCC/C=C\CCCCCCCCC. The van der Waals surface area contributed by atoms with E-state index < -0.39 is 6.10 Å². The molecule has 0 spiro atoms. The van der Waals surface area contributed by atoms with Crippen molar-refractivity contribution in [2.24, 2.45) is 0 Å². The van der Waals surface area contributed by atoms with Crippen molar-refractivity contribution in [3.63, 3.8) is 0 Å². The number of allylic oxidation sites excluding steroid dienone is 18. The van der Waals surface area contributed by atoms with E-state index in [0.29, 0.717) is 19.3 Å². The molecule has 0 aromatic rings. The second-order valence-electron chi connectivity index (χ2n) is 23.4. The van der Waals surface area contributed by atoms with Crippen LogP contribution in [0, 0.1) is 0 Å². The Labute approximate surface area is 514 Å². The van der Waals surface area contributed by atoms with Crippen molar-refractivity contribution < 1.29 is 28.6 Å². The number of carbonyl (C=O) groups is 3. The minimum absolute atomic E-state index is 0.0837. The minimum Gasteiger partial charge on any atom is -0.462 e. The molecule has 6 nitrogen and oxygen atoms in total. The smallest absolute Gasteiger partial charge is 0.306 e. The Morgan fingerprint density at radius 3 is 0.747 bits per heavy atom. The molecule has 0 bridgehead atoms. The van der Waals surface area contributed by atoms with E-state index in [-0.39, 0.29) is 31.1 Å². The van der Waals surface area contributed by atoms with Gasteiger partial charge in [-0.25, -0.2) is 0 Å². The van der Waals surface area contributed by atoms with E-state index >= 15 is 0 Å². The summed E-state index contributed by atoms with van der Waals surface area (Å²) in [6.45, 7) is 6.54. The first-order valence-electron chi connectivity index (χ1n) is 35.4. The summed E-state index contributed by atoms with van der Waals surface area (Å²) in [5.41, 5.74) is 0. The van der Waals surface area contributed by atoms with Crippen molar-refractivity contribution in [3.8, 4) is 0 Å². The highest BCUT2D eigenvalue weighted by atomic mass is 16.6. The summed E-state index contributed by atoms with van der Waals surface area (Å²) in [6.07, 6.45) is 96.8. The molecule has 0 aliphatic rings. The fourth-order valence-corrected chi connectivity index (χ4v) is 9.94. The molecule has 83 heavy (non-hydrogen) atoms. The van der Waals surface area contributed by atoms with Gasteiger partial charge in [-0.3, -0.25) is 14.4 Å². The van der Waals surface area contributed by atoms with E-state index in [9.17, 15) is 14.4 Å². The number of hydrogen-bond acceptors (Lipinski definition) is 6. The molecule has 476 valence electrons. The molecule has 0 saturated heterocycles. The maximum atomic E-state index is 12.9. The first-order chi connectivity index (χ1) is 41.0. The zero-order chi connectivity index (χ0) is 59.9. The lowest BCUT2D eigenvalue weighted by atomic mass is 10.0. The summed E-state index contributed by atoms with van der Waals surface area (Å²) in [5, 5.41) is 0. The molecule has 1 unspecified atom stereocenters. The van der Waals surface area contributed by atoms with Crippen LogP contribution in [0.5, 0.6) is 0 Å². The highest BCUT2D eigenvalue weighted by Crippen LogP contribution is 2.16. The van der Waals surface area contributed by atoms with Gasteiger partial charge in [0.2, 0.25) is 0 Å². The Balaban J connectivity index is 4.27. The first-order valence-corrected chi connectivity index (χ1v) is 35.4. The summed E-state index contributed by atoms with van der Waals surface area (Å²) >= 11 is 0. The second kappa shape index (κ2) is 70.6. The molecule has 0 aromatic carbocycles. The number of esters is 3. The Morgan fingerprint density at radius 1 is 0.253 bits per heavy atom. The van der Waals surface area contributed by atoms with Crippen molar-refractivity contribution in [1.29, 1.82) is 0 Å². The third-order valence-electron chi connectivity index (χ3n) is 15.2. The molecule has 0 aromatic heterocycles. The van der Waals surface area contributed by atoms with Crippen LogP contribution in [-0.2, 0) is 28.6 Å². The predicted octanol–water partition coefficient (Wildman–Crippen LogP) is 24.6. The van der Waals surface area contributed by atoms with Crippen LogP contribution in [-0.4, -0.2) is 37.2 Å². The Hall–Kier alpha value is -3.93. The molecule has 0 N–H and O–H groups in total. The lowest BCUT2D eigenvalue weighted by Gasteiger charge is -2.18. The third kappa shape index (κ3) is 68.7. The Morgan fingerprint density at radius 2 is 0.470 bits per heavy atom. The molecule has 6 heteroatoms. The molecule has 0 aliphatic carbocycles. The van der Waals surface area contributed by atoms with E-state index in [1.165, 1.54) is 180 Å². The summed E-state index contributed by atoms with van der Waals surface area (Å²) in [4.78, 5) is 38.4. The van der Waals surface area contributed by atoms with Gasteiger partial charge >= 0.3 is 17.9 Å². The van der Waals surface area contributed by atoms with E-state index in [4.69, 9.17) is 14.2 Å². The van der Waals surface area contributed by atoms with Crippen LogP contribution in [0.4, 0.5) is 0 Å². The minimum atomic E-state index is -0.788. The maximum absolute atomic E-state index is 12.9. The molecular weight excluding hydrogens is 1020 g/mol. The molecule has 1 atom stereocenters. The Kier molecular flexibility index (Phi) is 67.2. The molecule has 0 amide bonds. The van der Waals surface area contributed by atoms with Crippen molar-refractivity contribution in [2.75, 3.05) is 13.2 Å². The zero-order valence-corrected chi connectivity index (χ0v) is 54.7. The van der Waals surface area contributed by atoms with Crippen LogP contribution < -0.4 is 0 Å². The van der Waals surface area contributed by atoms with Gasteiger partial charge in [-0.1, -0.05) is 304 Å². The van der Waals surface area contributed by atoms with Crippen LogP contribution in [0.3, 0.4) is 0 Å². The number of hydrogen-bond donors (Lipinski definition) is 0. The molecule has 0 rings (SSSR count). The summed E-state index contributed by atoms with van der Waals surface area (Å²) < 4.78 is 17.0. The molecule has 0 fully saturated rings. The molecule has 0 heterocycles. The highest BCUT2D eigenvalue weighted by Gasteiger charge is 2.19. The molecule has 0 aliphatic heterocycles. The molecule has 0 radical (unpaired) electrons. The van der Waals surface area contributed by atoms with Gasteiger partial charge < -0.3 is 14.2 Å². The van der Waals surface area contributed by atoms with Crippen molar-refractivity contribution in [3.05, 3.63) is 109 Å². The van der Waals surface area contributed by atoms with Crippen LogP contribution in [0.15, 0.2) is 109 Å². The van der Waals surface area contributed by atoms with Crippen molar-refractivity contribution in [1.82, 2.24) is 0 Å². The lowest BCUT2D eigenvalue weighted by Crippen LogP contribution is -2.30. The molecular formula is C77H132O6. The summed E-state index contributed by atoms with van der Waals surface area (Å²) in [6, 6.07) is 0. The van der Waals surface area contributed by atoms with Crippen LogP contribution in [0.25, 0.3) is 0 Å². The van der Waals surface area contributed by atoms with Crippen LogP contribution in [0.1, 0.15) is 342 Å². The van der Waals surface area contributed by atoms with E-state index in [2.05, 4.69) is 130 Å². The summed E-state index contributed by atoms with van der Waals surface area (Å²) in [7, 11) is 0. The normalized spacial score (nSPS) is 12.8. The largest absolute Gasteiger partial charge is 0.462 e. The first kappa shape index (κ1) is 79.1. The zero-order valence-electron chi connectivity index (χ0n) is 54.7. The topological polar surface area (TPSA) is 78.9 Å². The van der Waals surface area contributed by atoms with Gasteiger partial charge in [0, 0.05) is 19.3 Å². The average Bonchev–Trinajstić information content (AvgIpc) is 3.49. The fourth-order valence-electron chi connectivity index (χ4n) is 9.94. The number of rotatable bonds is 64. The van der Waals surface area contributed by atoms with Gasteiger partial charge in [0.05, 0.1) is 0 Å². The third-order valence-corrected chi connectivity index (χ3v) is 15.2. The van der Waals surface area contributed by atoms with Gasteiger partial charge in [-0.2, -0.15) is 0 Å². The Bertz CT molecular complexity index is 1660. The van der Waals surface area contributed by atoms with Crippen molar-refractivity contribution >= 4 is 17.9 Å². The maximum Gasteiger partial charge on any atom is 0.306 e. The standard InChI is InChI=1S/C77H132O6/c1-4-7-10-13-16-19-22-25-28-31-32-33-34-35-36-37-38-39-40-41-42-43-44-45-46-47-50-52-55-58-61-64-67-70-76(79)82-73-74(83-77(80)71-68-65-62-59-56-53-49-30-27-24-21-18-15-12-9-6-3)72-81-75(78)69-66-63-60-57-54-51-48-29-26-23-20-17-14-11-8-5-2/h7,10,16,19,25,28-30,32-33,35-36,38-39,41-42,48-49,74H,4-6,8-9,11-15,17-18,20-24,26-27,31,34,37,40,43-47,50-73H2,1-3H3/b10-7-,19-16-,28-25-,33-32-,36-35-,39-38-,42-41-,48-29-,49-30-.